The second-order valence-corrected chi connectivity index (χ2v) is 10.6. The summed E-state index contributed by atoms with van der Waals surface area (Å²) in [5.74, 6) is 1.15. The fraction of sp³-hybridized carbons (Fsp3) is 0.692. The molecular weight excluding hydrogens is 416 g/mol. The molecule has 180 valence electrons. The molecule has 2 aliphatic heterocycles. The van der Waals surface area contributed by atoms with Crippen LogP contribution in [0.25, 0.3) is 0 Å². The molecule has 4 amide bonds. The lowest BCUT2D eigenvalue weighted by atomic mass is 9.73. The Kier molecular flexibility index (Phi) is 7.35. The lowest BCUT2D eigenvalue weighted by molar-refractivity contribution is -0.137. The molecule has 1 atom stereocenters. The Hall–Kier alpha value is -2.44. The summed E-state index contributed by atoms with van der Waals surface area (Å²) in [7, 11) is 0. The zero-order valence-corrected chi connectivity index (χ0v) is 20.1. The molecule has 0 aromatic carbocycles. The number of hydrogen-bond donors (Lipinski definition) is 1. The minimum Gasteiger partial charge on any atom is -0.343 e. The van der Waals surface area contributed by atoms with E-state index in [9.17, 15) is 14.4 Å². The molecule has 0 radical (unpaired) electrons. The monoisotopic (exact) mass is 454 g/mol. The summed E-state index contributed by atoms with van der Waals surface area (Å²) in [5, 5.41) is 3.12. The van der Waals surface area contributed by atoms with Gasteiger partial charge in [0.1, 0.15) is 5.54 Å². The van der Waals surface area contributed by atoms with E-state index in [-0.39, 0.29) is 30.3 Å². The fourth-order valence-corrected chi connectivity index (χ4v) is 5.82. The summed E-state index contributed by atoms with van der Waals surface area (Å²) in [6.07, 6.45) is 10.2. The Bertz CT molecular complexity index is 844. The predicted molar refractivity (Wildman–Crippen MR) is 126 cm³/mol. The van der Waals surface area contributed by atoms with Crippen LogP contribution in [0, 0.1) is 17.8 Å². The van der Waals surface area contributed by atoms with Crippen LogP contribution in [-0.4, -0.2) is 51.3 Å². The van der Waals surface area contributed by atoms with Crippen molar-refractivity contribution in [3.8, 4) is 0 Å². The van der Waals surface area contributed by atoms with Crippen LogP contribution in [0.5, 0.6) is 0 Å². The lowest BCUT2D eigenvalue weighted by Crippen LogP contribution is -2.56. The lowest BCUT2D eigenvalue weighted by Gasteiger charge is -2.41. The van der Waals surface area contributed by atoms with E-state index >= 15 is 0 Å². The predicted octanol–water partition coefficient (Wildman–Crippen LogP) is 4.13. The van der Waals surface area contributed by atoms with Gasteiger partial charge in [0.05, 0.1) is 12.2 Å². The first kappa shape index (κ1) is 23.7. The van der Waals surface area contributed by atoms with E-state index in [0.717, 1.165) is 19.3 Å². The summed E-state index contributed by atoms with van der Waals surface area (Å²) < 4.78 is 0. The Morgan fingerprint density at radius 1 is 1.15 bits per heavy atom. The molecule has 2 saturated heterocycles. The molecule has 4 rings (SSSR count). The van der Waals surface area contributed by atoms with Gasteiger partial charge in [0.25, 0.3) is 5.91 Å². The number of aromatic nitrogens is 1. The number of carbonyl (C=O) groups is 3. The SMILES string of the molecule is CC(C)CCC1(C2CCN(C(=O)CC3CCCC3)CC2)NC(=O)N(Cc2ccccn2)C1=O. The maximum atomic E-state index is 13.7. The highest BCUT2D eigenvalue weighted by Gasteiger charge is 2.55. The van der Waals surface area contributed by atoms with Crippen LogP contribution >= 0.6 is 0 Å². The number of amides is 4. The second kappa shape index (κ2) is 10.2. The largest absolute Gasteiger partial charge is 0.343 e. The van der Waals surface area contributed by atoms with Gasteiger partial charge in [-0.1, -0.05) is 32.8 Å². The summed E-state index contributed by atoms with van der Waals surface area (Å²) in [6, 6.07) is 5.20. The Balaban J connectivity index is 1.45. The zero-order valence-electron chi connectivity index (χ0n) is 20.1. The van der Waals surface area contributed by atoms with Crippen molar-refractivity contribution in [2.75, 3.05) is 13.1 Å². The van der Waals surface area contributed by atoms with Crippen LogP contribution in [0.4, 0.5) is 4.79 Å². The average molecular weight is 455 g/mol. The van der Waals surface area contributed by atoms with Gasteiger partial charge >= 0.3 is 6.03 Å². The van der Waals surface area contributed by atoms with Crippen molar-refractivity contribution in [2.24, 2.45) is 17.8 Å². The number of rotatable bonds is 8. The number of hydrogen-bond acceptors (Lipinski definition) is 4. The number of nitrogens with zero attached hydrogens (tertiary/aromatic N) is 3. The Morgan fingerprint density at radius 3 is 2.52 bits per heavy atom. The van der Waals surface area contributed by atoms with Crippen molar-refractivity contribution in [2.45, 2.75) is 83.7 Å². The molecule has 1 aliphatic carbocycles. The molecule has 3 aliphatic rings. The smallest absolute Gasteiger partial charge is 0.325 e. The van der Waals surface area contributed by atoms with E-state index in [4.69, 9.17) is 0 Å². The third-order valence-corrected chi connectivity index (χ3v) is 7.85. The van der Waals surface area contributed by atoms with E-state index in [1.807, 2.05) is 23.1 Å². The number of urea groups is 1. The third-order valence-electron chi connectivity index (χ3n) is 7.85. The van der Waals surface area contributed by atoms with Crippen molar-refractivity contribution in [3.63, 3.8) is 0 Å². The number of pyridine rings is 1. The highest BCUT2D eigenvalue weighted by Crippen LogP contribution is 2.39. The first-order chi connectivity index (χ1) is 15.9. The number of piperidine rings is 1. The normalized spacial score (nSPS) is 24.7. The summed E-state index contributed by atoms with van der Waals surface area (Å²) in [4.78, 5) is 47.1. The molecule has 7 nitrogen and oxygen atoms in total. The maximum absolute atomic E-state index is 13.7. The van der Waals surface area contributed by atoms with Crippen molar-refractivity contribution in [1.29, 1.82) is 0 Å². The van der Waals surface area contributed by atoms with Crippen LogP contribution in [0.2, 0.25) is 0 Å². The van der Waals surface area contributed by atoms with Crippen molar-refractivity contribution in [3.05, 3.63) is 30.1 Å². The summed E-state index contributed by atoms with van der Waals surface area (Å²) >= 11 is 0. The number of imide groups is 1. The Labute approximate surface area is 197 Å². The van der Waals surface area contributed by atoms with Crippen molar-refractivity contribution >= 4 is 17.8 Å². The van der Waals surface area contributed by atoms with Gasteiger partial charge in [0.2, 0.25) is 5.91 Å². The summed E-state index contributed by atoms with van der Waals surface area (Å²) in [5.41, 5.74) is -0.176. The molecule has 0 bridgehead atoms. The standard InChI is InChI=1S/C26H38N4O3/c1-19(2)10-13-26(24(32)30(25(33)28-26)18-22-9-5-6-14-27-22)21-11-15-29(16-12-21)23(31)17-20-7-3-4-8-20/h5-6,9,14,19-21H,3-4,7-8,10-13,15-18H2,1-2H3,(H,28,33). The Morgan fingerprint density at radius 2 is 1.88 bits per heavy atom. The maximum Gasteiger partial charge on any atom is 0.325 e. The fourth-order valence-electron chi connectivity index (χ4n) is 5.82. The molecule has 33 heavy (non-hydrogen) atoms. The van der Waals surface area contributed by atoms with Gasteiger partial charge in [0, 0.05) is 25.7 Å². The number of carbonyl (C=O) groups excluding carboxylic acids is 3. The summed E-state index contributed by atoms with van der Waals surface area (Å²) in [6.45, 7) is 5.82. The second-order valence-electron chi connectivity index (χ2n) is 10.6. The van der Waals surface area contributed by atoms with E-state index in [2.05, 4.69) is 24.1 Å². The minimum absolute atomic E-state index is 0.0389. The van der Waals surface area contributed by atoms with E-state index in [0.29, 0.717) is 43.5 Å². The van der Waals surface area contributed by atoms with Crippen LogP contribution in [0.15, 0.2) is 24.4 Å². The molecular formula is C26H38N4O3. The van der Waals surface area contributed by atoms with Gasteiger partial charge in [-0.3, -0.25) is 19.5 Å². The molecule has 0 spiro atoms. The van der Waals surface area contributed by atoms with Gasteiger partial charge < -0.3 is 10.2 Å². The van der Waals surface area contributed by atoms with Crippen LogP contribution in [0.3, 0.4) is 0 Å². The number of nitrogens with one attached hydrogen (secondary N) is 1. The molecule has 3 fully saturated rings. The minimum atomic E-state index is -0.878. The van der Waals surface area contributed by atoms with E-state index < -0.39 is 5.54 Å². The molecule has 7 heteroatoms. The number of likely N-dealkylation sites (tertiary alicyclic amines) is 1. The molecule has 1 aromatic rings. The first-order valence-electron chi connectivity index (χ1n) is 12.7. The van der Waals surface area contributed by atoms with Gasteiger partial charge in [0.15, 0.2) is 0 Å². The third kappa shape index (κ3) is 5.22. The van der Waals surface area contributed by atoms with Crippen molar-refractivity contribution < 1.29 is 14.4 Å². The van der Waals surface area contributed by atoms with Crippen LogP contribution in [0.1, 0.15) is 77.3 Å². The van der Waals surface area contributed by atoms with Gasteiger partial charge in [-0.2, -0.15) is 0 Å². The molecule has 1 N–H and O–H groups in total. The molecule has 1 saturated carbocycles. The van der Waals surface area contributed by atoms with Gasteiger partial charge in [-0.05, 0) is 68.4 Å². The van der Waals surface area contributed by atoms with Crippen molar-refractivity contribution in [1.82, 2.24) is 20.1 Å². The average Bonchev–Trinajstić information content (AvgIpc) is 3.41. The molecule has 3 heterocycles. The molecule has 1 unspecified atom stereocenters. The first-order valence-corrected chi connectivity index (χ1v) is 12.7. The van der Waals surface area contributed by atoms with Crippen LogP contribution < -0.4 is 5.32 Å². The van der Waals surface area contributed by atoms with Crippen LogP contribution in [-0.2, 0) is 16.1 Å². The van der Waals surface area contributed by atoms with Gasteiger partial charge in [-0.25, -0.2) is 4.79 Å². The quantitative estimate of drug-likeness (QED) is 0.599. The van der Waals surface area contributed by atoms with E-state index in [1.54, 1.807) is 6.20 Å². The topological polar surface area (TPSA) is 82.6 Å². The van der Waals surface area contributed by atoms with E-state index in [1.165, 1.54) is 30.6 Å². The highest BCUT2D eigenvalue weighted by molar-refractivity contribution is 6.07. The highest BCUT2D eigenvalue weighted by atomic mass is 16.2. The molecule has 1 aromatic heterocycles. The zero-order chi connectivity index (χ0) is 23.4. The van der Waals surface area contributed by atoms with Gasteiger partial charge in [-0.15, -0.1) is 0 Å².